The lowest BCUT2D eigenvalue weighted by Gasteiger charge is -2.44. The lowest BCUT2D eigenvalue weighted by Crippen LogP contribution is -2.55. The minimum absolute atomic E-state index is 0.381. The van der Waals surface area contributed by atoms with Gasteiger partial charge in [0.15, 0.2) is 0 Å². The van der Waals surface area contributed by atoms with E-state index >= 15 is 0 Å². The Morgan fingerprint density at radius 3 is 0.855 bits per heavy atom. The van der Waals surface area contributed by atoms with Gasteiger partial charge in [0.05, 0.1) is 30.8 Å². The molecule has 0 bridgehead atoms. The monoisotopic (exact) mass is 945 g/mol. The van der Waals surface area contributed by atoms with Gasteiger partial charge in [-0.25, -0.2) is 4.31 Å². The zero-order valence-corrected chi connectivity index (χ0v) is 41.9. The van der Waals surface area contributed by atoms with Gasteiger partial charge in [-0.15, -0.1) is 0 Å². The SMILES string of the molecule is CCCCCCCCCCCCCCCCCCC(O)(CCCCCCCCCCCCCCCCCC)C(CO)(CO)CO.OP(O)OP(O)O.OP(O)Oc1ccccc1. The van der Waals surface area contributed by atoms with E-state index in [1.807, 2.05) is 6.07 Å². The summed E-state index contributed by atoms with van der Waals surface area (Å²) in [6, 6.07) is 8.65. The predicted octanol–water partition coefficient (Wildman–Crippen LogP) is 12.7. The molecule has 0 aromatic heterocycles. The largest absolute Gasteiger partial charge is 0.427 e. The van der Waals surface area contributed by atoms with E-state index in [0.717, 1.165) is 25.7 Å². The third kappa shape index (κ3) is 40.2. The molecule has 0 spiro atoms. The highest BCUT2D eigenvalue weighted by molar-refractivity contribution is 7.53. The summed E-state index contributed by atoms with van der Waals surface area (Å²) in [4.78, 5) is 48.1. The maximum absolute atomic E-state index is 11.7. The van der Waals surface area contributed by atoms with Crippen LogP contribution in [0.5, 0.6) is 5.75 Å². The summed E-state index contributed by atoms with van der Waals surface area (Å²) < 4.78 is 8.19. The second-order valence-corrected chi connectivity index (χ2v) is 19.5. The van der Waals surface area contributed by atoms with Crippen molar-refractivity contribution < 1.29 is 58.6 Å². The van der Waals surface area contributed by atoms with Gasteiger partial charge in [0.25, 0.3) is 0 Å². The minimum atomic E-state index is -2.61. The van der Waals surface area contributed by atoms with Crippen LogP contribution in [0.25, 0.3) is 0 Å². The third-order valence-corrected chi connectivity index (χ3v) is 13.4. The zero-order chi connectivity index (χ0) is 46.4. The summed E-state index contributed by atoms with van der Waals surface area (Å²) in [5, 5.41) is 42.0. The molecule has 1 rings (SSSR count). The molecule has 0 aliphatic rings. The average molecular weight is 945 g/mol. The standard InChI is InChI=1S/C41H84O4.C6H7O3P.H4O5P2/c1-3-5-7-9-11-13-15-17-19-21-23-25-27-29-31-33-35-41(45,40(37-42,38-43)39-44)36-34-32-30-28-26-24-22-20-18-16-14-12-10-8-6-4-2;7-10(8)9-6-4-2-1-3-5-6;1-6(2)5-7(3)4/h42-45H,3-39H2,1-2H3;1-5,7-8H;1-4H. The first-order valence-electron chi connectivity index (χ1n) is 24.5. The van der Waals surface area contributed by atoms with Crippen LogP contribution in [-0.2, 0) is 4.31 Å². The van der Waals surface area contributed by atoms with Crippen LogP contribution in [0.15, 0.2) is 30.3 Å². The van der Waals surface area contributed by atoms with Gasteiger partial charge in [0.2, 0.25) is 0 Å². The average Bonchev–Trinajstić information content (AvgIpc) is 3.24. The molecule has 10 N–H and O–H groups in total. The van der Waals surface area contributed by atoms with Crippen LogP contribution < -0.4 is 4.52 Å². The fourth-order valence-electron chi connectivity index (χ4n) is 7.82. The number of hydrogen-bond donors (Lipinski definition) is 10. The Morgan fingerprint density at radius 1 is 0.387 bits per heavy atom. The van der Waals surface area contributed by atoms with Crippen LogP contribution >= 0.6 is 25.8 Å². The van der Waals surface area contributed by atoms with E-state index in [4.69, 9.17) is 29.4 Å². The van der Waals surface area contributed by atoms with Crippen LogP contribution in [-0.4, -0.2) is 75.2 Å². The van der Waals surface area contributed by atoms with Crippen LogP contribution in [0.2, 0.25) is 0 Å². The van der Waals surface area contributed by atoms with Crippen LogP contribution in [0.4, 0.5) is 0 Å². The van der Waals surface area contributed by atoms with Gasteiger partial charge in [0.1, 0.15) is 5.75 Å². The minimum Gasteiger partial charge on any atom is -0.427 e. The highest BCUT2D eigenvalue weighted by Crippen LogP contribution is 2.42. The fraction of sp³-hybridized carbons (Fsp3) is 0.872. The van der Waals surface area contributed by atoms with Crippen molar-refractivity contribution in [3.05, 3.63) is 30.3 Å². The number of hydrogen-bond acceptors (Lipinski definition) is 12. The number of aliphatic hydroxyl groups is 4. The highest BCUT2D eigenvalue weighted by atomic mass is 31.2. The van der Waals surface area contributed by atoms with Gasteiger partial charge in [-0.2, -0.15) is 0 Å². The second-order valence-electron chi connectivity index (χ2n) is 17.1. The quantitative estimate of drug-likeness (QED) is 0.0219. The Labute approximate surface area is 382 Å². The van der Waals surface area contributed by atoms with Crippen LogP contribution in [0.1, 0.15) is 232 Å². The van der Waals surface area contributed by atoms with Gasteiger partial charge < -0.3 is 54.3 Å². The molecule has 1 aromatic carbocycles. The molecular weight excluding hydrogens is 849 g/mol. The lowest BCUT2D eigenvalue weighted by atomic mass is 9.68. The Kier molecular flexibility index (Phi) is 48.9. The molecular formula is C47H95O12P3. The molecule has 1 aromatic rings. The first-order chi connectivity index (χ1) is 30.0. The summed E-state index contributed by atoms with van der Waals surface area (Å²) in [5.41, 5.74) is -2.44. The smallest absolute Gasteiger partial charge is 0.391 e. The maximum Gasteiger partial charge on any atom is 0.391 e. The van der Waals surface area contributed by atoms with Crippen molar-refractivity contribution in [3.63, 3.8) is 0 Å². The summed E-state index contributed by atoms with van der Waals surface area (Å²) in [5.74, 6) is 0.471. The molecule has 0 fully saturated rings. The Morgan fingerprint density at radius 2 is 0.645 bits per heavy atom. The molecule has 12 nitrogen and oxygen atoms in total. The molecule has 0 amide bonds. The van der Waals surface area contributed by atoms with Crippen molar-refractivity contribution in [2.75, 3.05) is 19.8 Å². The van der Waals surface area contributed by atoms with Gasteiger partial charge in [-0.1, -0.05) is 238 Å². The molecule has 0 aliphatic heterocycles. The molecule has 0 atom stereocenters. The topological polar surface area (TPSA) is 221 Å². The number of benzene rings is 1. The number of aliphatic hydroxyl groups excluding tert-OH is 3. The van der Waals surface area contributed by atoms with E-state index in [0.29, 0.717) is 18.6 Å². The van der Waals surface area contributed by atoms with Gasteiger partial charge in [-0.05, 0) is 25.0 Å². The van der Waals surface area contributed by atoms with Crippen molar-refractivity contribution in [2.45, 2.75) is 238 Å². The van der Waals surface area contributed by atoms with E-state index in [-0.39, 0.29) is 19.8 Å². The van der Waals surface area contributed by atoms with Gasteiger partial charge in [-0.3, -0.25) is 0 Å². The summed E-state index contributed by atoms with van der Waals surface area (Å²) in [6.07, 6.45) is 43.0. The highest BCUT2D eigenvalue weighted by Gasteiger charge is 2.48. The summed E-state index contributed by atoms with van der Waals surface area (Å²) >= 11 is 0. The van der Waals surface area contributed by atoms with Crippen molar-refractivity contribution in [2.24, 2.45) is 5.41 Å². The third-order valence-electron chi connectivity index (χ3n) is 11.9. The van der Waals surface area contributed by atoms with Crippen LogP contribution in [0, 0.1) is 5.41 Å². The Balaban J connectivity index is 0. The fourth-order valence-corrected chi connectivity index (χ4v) is 8.65. The van der Waals surface area contributed by atoms with Gasteiger partial charge in [0, 0.05) is 0 Å². The normalized spacial score (nSPS) is 11.9. The van der Waals surface area contributed by atoms with Crippen LogP contribution in [0.3, 0.4) is 0 Å². The molecule has 0 unspecified atom stereocenters. The van der Waals surface area contributed by atoms with Crippen molar-refractivity contribution >= 4 is 25.8 Å². The molecule has 370 valence electrons. The summed E-state index contributed by atoms with van der Waals surface area (Å²) in [7, 11) is -7.50. The molecule has 62 heavy (non-hydrogen) atoms. The maximum atomic E-state index is 11.7. The number of unbranched alkanes of at least 4 members (excludes halogenated alkanes) is 30. The number of rotatable bonds is 42. The Hall–Kier alpha value is -0.130. The van der Waals surface area contributed by atoms with E-state index in [1.165, 1.54) is 180 Å². The first kappa shape index (κ1) is 64.0. The lowest BCUT2D eigenvalue weighted by molar-refractivity contribution is -0.162. The summed E-state index contributed by atoms with van der Waals surface area (Å²) in [6.45, 7) is 3.42. The van der Waals surface area contributed by atoms with Crippen molar-refractivity contribution in [3.8, 4) is 5.75 Å². The number of para-hydroxylation sites is 1. The molecule has 0 radical (unpaired) electrons. The van der Waals surface area contributed by atoms with Crippen molar-refractivity contribution in [1.29, 1.82) is 0 Å². The Bertz CT molecular complexity index is 960. The van der Waals surface area contributed by atoms with E-state index in [2.05, 4.69) is 22.7 Å². The molecule has 0 saturated carbocycles. The van der Waals surface area contributed by atoms with Gasteiger partial charge >= 0.3 is 25.8 Å². The van der Waals surface area contributed by atoms with E-state index in [1.54, 1.807) is 24.3 Å². The first-order valence-corrected chi connectivity index (χ1v) is 28.0. The second kappa shape index (κ2) is 47.4. The van der Waals surface area contributed by atoms with E-state index < -0.39 is 36.8 Å². The zero-order valence-electron chi connectivity index (χ0n) is 39.2. The van der Waals surface area contributed by atoms with E-state index in [9.17, 15) is 20.4 Å². The molecule has 0 saturated heterocycles. The molecule has 0 aliphatic carbocycles. The predicted molar refractivity (Wildman–Crippen MR) is 259 cm³/mol. The molecule has 15 heteroatoms. The molecule has 0 heterocycles. The van der Waals surface area contributed by atoms with Crippen molar-refractivity contribution in [1.82, 2.24) is 0 Å².